The number of nitrogens with one attached hydrogen (secondary N) is 3. The molecule has 3 atom stereocenters. The number of carbonyl (C=O) groups excluding carboxylic acids is 1. The van der Waals surface area contributed by atoms with Crippen molar-refractivity contribution in [2.45, 2.75) is 25.0 Å². The van der Waals surface area contributed by atoms with Crippen molar-refractivity contribution >= 4 is 5.91 Å². The van der Waals surface area contributed by atoms with Crippen LogP contribution >= 0.6 is 0 Å². The van der Waals surface area contributed by atoms with E-state index in [0.29, 0.717) is 23.3 Å². The largest absolute Gasteiger partial charge is 0.493 e. The normalized spacial score (nSPS) is 21.0. The second kappa shape index (κ2) is 8.62. The molecule has 156 valence electrons. The lowest BCUT2D eigenvalue weighted by atomic mass is 9.90. The summed E-state index contributed by atoms with van der Waals surface area (Å²) in [6.07, 6.45) is -0.549. The SMILES string of the molecule is COc1cc(C2C(C)NNC2NC(=O)c2cc(F)cc(F)c2)cc(OC)c1OC. The fourth-order valence-corrected chi connectivity index (χ4v) is 3.50. The number of benzene rings is 2. The first-order valence-corrected chi connectivity index (χ1v) is 8.95. The van der Waals surface area contributed by atoms with E-state index in [4.69, 9.17) is 14.2 Å². The van der Waals surface area contributed by atoms with Crippen molar-refractivity contribution in [3.05, 3.63) is 53.1 Å². The third-order valence-electron chi connectivity index (χ3n) is 4.85. The minimum Gasteiger partial charge on any atom is -0.493 e. The first kappa shape index (κ1) is 20.8. The van der Waals surface area contributed by atoms with Gasteiger partial charge in [0.15, 0.2) is 11.5 Å². The van der Waals surface area contributed by atoms with E-state index < -0.39 is 23.7 Å². The third kappa shape index (κ3) is 4.25. The van der Waals surface area contributed by atoms with Gasteiger partial charge in [-0.3, -0.25) is 10.2 Å². The molecule has 1 aliphatic rings. The maximum Gasteiger partial charge on any atom is 0.252 e. The number of hydrazine groups is 1. The van der Waals surface area contributed by atoms with Crippen molar-refractivity contribution in [1.82, 2.24) is 16.2 Å². The van der Waals surface area contributed by atoms with Crippen molar-refractivity contribution in [1.29, 1.82) is 0 Å². The third-order valence-corrected chi connectivity index (χ3v) is 4.85. The minimum atomic E-state index is -0.817. The molecule has 0 aliphatic carbocycles. The molecule has 1 saturated heterocycles. The minimum absolute atomic E-state index is 0.0765. The van der Waals surface area contributed by atoms with Crippen LogP contribution in [0.4, 0.5) is 8.78 Å². The summed E-state index contributed by atoms with van der Waals surface area (Å²) in [6, 6.07) is 6.22. The lowest BCUT2D eigenvalue weighted by Crippen LogP contribution is -2.46. The molecule has 7 nitrogen and oxygen atoms in total. The molecule has 9 heteroatoms. The summed E-state index contributed by atoms with van der Waals surface area (Å²) in [6.45, 7) is 1.94. The zero-order valence-electron chi connectivity index (χ0n) is 16.5. The van der Waals surface area contributed by atoms with E-state index in [1.54, 1.807) is 12.1 Å². The van der Waals surface area contributed by atoms with Gasteiger partial charge in [-0.1, -0.05) is 0 Å². The molecule has 0 bridgehead atoms. The highest BCUT2D eigenvalue weighted by molar-refractivity contribution is 5.94. The fraction of sp³-hybridized carbons (Fsp3) is 0.350. The quantitative estimate of drug-likeness (QED) is 0.682. The van der Waals surface area contributed by atoms with E-state index in [1.807, 2.05) is 6.92 Å². The van der Waals surface area contributed by atoms with E-state index in [0.717, 1.165) is 17.7 Å². The molecule has 0 saturated carbocycles. The first-order chi connectivity index (χ1) is 13.9. The number of rotatable bonds is 6. The van der Waals surface area contributed by atoms with E-state index in [9.17, 15) is 13.6 Å². The van der Waals surface area contributed by atoms with Gasteiger partial charge in [-0.25, -0.2) is 14.2 Å². The zero-order chi connectivity index (χ0) is 21.1. The summed E-state index contributed by atoms with van der Waals surface area (Å²) in [5.41, 5.74) is 6.80. The van der Waals surface area contributed by atoms with Crippen LogP contribution in [0.1, 0.15) is 28.8 Å². The number of hydrogen-bond acceptors (Lipinski definition) is 6. The molecule has 0 spiro atoms. The molecule has 29 heavy (non-hydrogen) atoms. The second-order valence-corrected chi connectivity index (χ2v) is 6.67. The molecule has 2 aromatic rings. The van der Waals surface area contributed by atoms with Gasteiger partial charge < -0.3 is 19.5 Å². The van der Waals surface area contributed by atoms with Crippen LogP contribution in [-0.2, 0) is 0 Å². The molecule has 1 aliphatic heterocycles. The molecule has 1 fully saturated rings. The van der Waals surface area contributed by atoms with Crippen LogP contribution in [-0.4, -0.2) is 39.4 Å². The second-order valence-electron chi connectivity index (χ2n) is 6.67. The molecular weight excluding hydrogens is 384 g/mol. The summed E-state index contributed by atoms with van der Waals surface area (Å²) in [7, 11) is 4.56. The maximum atomic E-state index is 13.5. The number of carbonyl (C=O) groups is 1. The molecule has 2 aromatic carbocycles. The van der Waals surface area contributed by atoms with Crippen LogP contribution in [0.15, 0.2) is 30.3 Å². The Morgan fingerprint density at radius 1 is 0.931 bits per heavy atom. The highest BCUT2D eigenvalue weighted by atomic mass is 19.1. The van der Waals surface area contributed by atoms with E-state index >= 15 is 0 Å². The van der Waals surface area contributed by atoms with Crippen molar-refractivity contribution in [3.8, 4) is 17.2 Å². The predicted molar refractivity (Wildman–Crippen MR) is 102 cm³/mol. The van der Waals surface area contributed by atoms with Gasteiger partial charge in [0.25, 0.3) is 5.91 Å². The number of hydrogen-bond donors (Lipinski definition) is 3. The fourth-order valence-electron chi connectivity index (χ4n) is 3.50. The van der Waals surface area contributed by atoms with Gasteiger partial charge in [0.2, 0.25) is 5.75 Å². The first-order valence-electron chi connectivity index (χ1n) is 8.95. The number of amides is 1. The Morgan fingerprint density at radius 2 is 1.52 bits per heavy atom. The van der Waals surface area contributed by atoms with E-state index in [2.05, 4.69) is 16.2 Å². The highest BCUT2D eigenvalue weighted by Gasteiger charge is 2.36. The molecule has 3 unspecified atom stereocenters. The highest BCUT2D eigenvalue weighted by Crippen LogP contribution is 2.41. The molecule has 0 radical (unpaired) electrons. The van der Waals surface area contributed by atoms with Gasteiger partial charge in [-0.05, 0) is 36.8 Å². The number of ether oxygens (including phenoxy) is 3. The van der Waals surface area contributed by atoms with Crippen LogP contribution < -0.4 is 30.4 Å². The molecule has 1 amide bonds. The standard InChI is InChI=1S/C20H23F2N3O4/c1-10-17(11-7-15(27-2)18(29-4)16(8-11)28-3)19(25-24-10)23-20(26)12-5-13(21)9-14(22)6-12/h5-10,17,19,24-25H,1-4H3,(H,23,26). The van der Waals surface area contributed by atoms with Gasteiger partial charge in [-0.15, -0.1) is 0 Å². The Balaban J connectivity index is 1.91. The Morgan fingerprint density at radius 3 is 2.03 bits per heavy atom. The van der Waals surface area contributed by atoms with Crippen LogP contribution in [0.25, 0.3) is 0 Å². The van der Waals surface area contributed by atoms with Crippen molar-refractivity contribution < 1.29 is 27.8 Å². The van der Waals surface area contributed by atoms with E-state index in [-0.39, 0.29) is 17.5 Å². The molecule has 3 rings (SSSR count). The topological polar surface area (TPSA) is 80.9 Å². The van der Waals surface area contributed by atoms with Crippen LogP contribution in [0.3, 0.4) is 0 Å². The Bertz CT molecular complexity index is 864. The Kier molecular flexibility index (Phi) is 6.19. The van der Waals surface area contributed by atoms with Crippen molar-refractivity contribution in [3.63, 3.8) is 0 Å². The Hall–Kier alpha value is -2.91. The summed E-state index contributed by atoms with van der Waals surface area (Å²) >= 11 is 0. The summed E-state index contributed by atoms with van der Waals surface area (Å²) < 4.78 is 43.1. The number of methoxy groups -OCH3 is 3. The number of halogens is 2. The van der Waals surface area contributed by atoms with Gasteiger partial charge in [-0.2, -0.15) is 0 Å². The summed E-state index contributed by atoms with van der Waals surface area (Å²) in [5, 5.41) is 2.77. The van der Waals surface area contributed by atoms with Crippen molar-refractivity contribution in [2.24, 2.45) is 0 Å². The average molecular weight is 407 g/mol. The Labute approximate surface area is 167 Å². The van der Waals surface area contributed by atoms with Crippen LogP contribution in [0.5, 0.6) is 17.2 Å². The smallest absolute Gasteiger partial charge is 0.252 e. The monoisotopic (exact) mass is 407 g/mol. The van der Waals surface area contributed by atoms with E-state index in [1.165, 1.54) is 21.3 Å². The van der Waals surface area contributed by atoms with Gasteiger partial charge in [0.05, 0.1) is 21.3 Å². The molecule has 3 N–H and O–H groups in total. The summed E-state index contributed by atoms with van der Waals surface area (Å²) in [4.78, 5) is 12.6. The maximum absolute atomic E-state index is 13.5. The van der Waals surface area contributed by atoms with Gasteiger partial charge in [0, 0.05) is 23.6 Å². The average Bonchev–Trinajstić information content (AvgIpc) is 3.05. The van der Waals surface area contributed by atoms with Crippen LogP contribution in [0.2, 0.25) is 0 Å². The summed E-state index contributed by atoms with van der Waals surface area (Å²) in [5.74, 6) is -1.04. The van der Waals surface area contributed by atoms with Crippen LogP contribution in [0, 0.1) is 11.6 Å². The molecule has 0 aromatic heterocycles. The van der Waals surface area contributed by atoms with Gasteiger partial charge in [0.1, 0.15) is 17.8 Å². The molecular formula is C20H23F2N3O4. The van der Waals surface area contributed by atoms with Crippen molar-refractivity contribution in [2.75, 3.05) is 21.3 Å². The molecule has 1 heterocycles. The lowest BCUT2D eigenvalue weighted by molar-refractivity contribution is 0.0927. The predicted octanol–water partition coefficient (Wildman–Crippen LogP) is 2.33. The zero-order valence-corrected chi connectivity index (χ0v) is 16.5. The van der Waals surface area contributed by atoms with Gasteiger partial charge >= 0.3 is 0 Å². The lowest BCUT2D eigenvalue weighted by Gasteiger charge is -2.24.